The molecule has 0 spiro atoms. The number of nitrogens with zero attached hydrogens (tertiary/aromatic N) is 1. The van der Waals surface area contributed by atoms with Crippen molar-refractivity contribution in [1.82, 2.24) is 10.3 Å². The van der Waals surface area contributed by atoms with Crippen molar-refractivity contribution >= 4 is 29.1 Å². The predicted octanol–water partition coefficient (Wildman–Crippen LogP) is 3.56. The Hall–Kier alpha value is -0.590. The molecule has 4 nitrogen and oxygen atoms in total. The summed E-state index contributed by atoms with van der Waals surface area (Å²) >= 11 is 3.37. The molecule has 0 bridgehead atoms. The zero-order chi connectivity index (χ0) is 15.0. The van der Waals surface area contributed by atoms with Crippen molar-refractivity contribution in [3.8, 4) is 0 Å². The molecule has 1 aromatic heterocycles. The quantitative estimate of drug-likeness (QED) is 0.510. The molecule has 0 aliphatic rings. The topological polar surface area (TPSA) is 62.2 Å². The highest BCUT2D eigenvalue weighted by Crippen LogP contribution is 2.25. The van der Waals surface area contributed by atoms with Crippen LogP contribution in [0.3, 0.4) is 0 Å². The van der Waals surface area contributed by atoms with E-state index in [-0.39, 0.29) is 0 Å². The number of carboxylic acid groups (broad SMARTS) is 1. The number of aliphatic carboxylic acids is 1. The lowest BCUT2D eigenvalue weighted by Crippen LogP contribution is -2.52. The summed E-state index contributed by atoms with van der Waals surface area (Å²) in [5.41, 5.74) is 0.283. The first-order valence-electron chi connectivity index (χ1n) is 7.07. The van der Waals surface area contributed by atoms with Crippen LogP contribution in [0.2, 0.25) is 0 Å². The van der Waals surface area contributed by atoms with Crippen molar-refractivity contribution in [2.45, 2.75) is 56.3 Å². The summed E-state index contributed by atoms with van der Waals surface area (Å²) in [5, 5.41) is 14.7. The molecule has 0 saturated heterocycles. The lowest BCUT2D eigenvalue weighted by Gasteiger charge is -2.29. The molecule has 0 aromatic carbocycles. The van der Waals surface area contributed by atoms with E-state index in [9.17, 15) is 9.90 Å². The van der Waals surface area contributed by atoms with Crippen LogP contribution >= 0.6 is 23.1 Å². The van der Waals surface area contributed by atoms with Gasteiger partial charge < -0.3 is 10.4 Å². The van der Waals surface area contributed by atoms with Crippen LogP contribution < -0.4 is 5.32 Å². The van der Waals surface area contributed by atoms with Crippen LogP contribution in [0, 0.1) is 6.92 Å². The second kappa shape index (κ2) is 8.64. The van der Waals surface area contributed by atoms with Crippen LogP contribution in [0.4, 0.5) is 0 Å². The minimum absolute atomic E-state index is 0.614. The normalized spacial score (nSPS) is 14.2. The highest BCUT2D eigenvalue weighted by molar-refractivity contribution is 8.00. The first-order chi connectivity index (χ1) is 9.54. The van der Waals surface area contributed by atoms with Crippen molar-refractivity contribution in [3.05, 3.63) is 11.1 Å². The second-order valence-electron chi connectivity index (χ2n) is 4.87. The van der Waals surface area contributed by atoms with Crippen LogP contribution in [0.15, 0.2) is 9.72 Å². The molecule has 0 aliphatic carbocycles. The van der Waals surface area contributed by atoms with Gasteiger partial charge in [-0.3, -0.25) is 4.79 Å². The smallest absolute Gasteiger partial charge is 0.323 e. The Labute approximate surface area is 129 Å². The fourth-order valence-corrected chi connectivity index (χ4v) is 3.88. The number of hydrogen-bond acceptors (Lipinski definition) is 5. The fourth-order valence-electron chi connectivity index (χ4n) is 2.02. The van der Waals surface area contributed by atoms with Crippen molar-refractivity contribution < 1.29 is 9.90 Å². The van der Waals surface area contributed by atoms with E-state index in [4.69, 9.17) is 0 Å². The molecule has 114 valence electrons. The van der Waals surface area contributed by atoms with Gasteiger partial charge in [-0.05, 0) is 39.2 Å². The van der Waals surface area contributed by atoms with Gasteiger partial charge in [0.25, 0.3) is 0 Å². The van der Waals surface area contributed by atoms with Crippen molar-refractivity contribution in [1.29, 1.82) is 0 Å². The molecule has 1 aromatic rings. The Morgan fingerprint density at radius 1 is 1.55 bits per heavy atom. The predicted molar refractivity (Wildman–Crippen MR) is 85.8 cm³/mol. The number of carboxylic acids is 1. The summed E-state index contributed by atoms with van der Waals surface area (Å²) in [7, 11) is 0. The SMILES string of the molecule is CCCNC(CC)(CCCSc1nc(C)cs1)C(=O)O. The van der Waals surface area contributed by atoms with E-state index < -0.39 is 11.5 Å². The van der Waals surface area contributed by atoms with Gasteiger partial charge in [-0.25, -0.2) is 4.98 Å². The maximum absolute atomic E-state index is 11.5. The molecule has 2 N–H and O–H groups in total. The maximum Gasteiger partial charge on any atom is 0.323 e. The molecular weight excluding hydrogens is 292 g/mol. The standard InChI is InChI=1S/C14H24N2O2S2/c1-4-8-15-14(5-2,12(17)18)7-6-9-19-13-16-11(3)10-20-13/h10,15H,4-9H2,1-3H3,(H,17,18). The average Bonchev–Trinajstić information content (AvgIpc) is 2.84. The van der Waals surface area contributed by atoms with Gasteiger partial charge in [0.2, 0.25) is 0 Å². The van der Waals surface area contributed by atoms with Gasteiger partial charge in [0.15, 0.2) is 0 Å². The Kier molecular flexibility index (Phi) is 7.55. The van der Waals surface area contributed by atoms with Gasteiger partial charge in [0.05, 0.1) is 0 Å². The van der Waals surface area contributed by atoms with Gasteiger partial charge in [-0.15, -0.1) is 11.3 Å². The van der Waals surface area contributed by atoms with Gasteiger partial charge in [-0.1, -0.05) is 25.6 Å². The molecule has 0 aliphatic heterocycles. The summed E-state index contributed by atoms with van der Waals surface area (Å²) < 4.78 is 1.07. The number of hydrogen-bond donors (Lipinski definition) is 2. The minimum Gasteiger partial charge on any atom is -0.480 e. The van der Waals surface area contributed by atoms with Crippen LogP contribution in [0.1, 0.15) is 45.2 Å². The Balaban J connectivity index is 2.43. The molecule has 1 heterocycles. The molecule has 20 heavy (non-hydrogen) atoms. The minimum atomic E-state index is -0.768. The molecule has 1 rings (SSSR count). The first kappa shape index (κ1) is 17.5. The zero-order valence-electron chi connectivity index (χ0n) is 12.4. The molecule has 1 atom stereocenters. The highest BCUT2D eigenvalue weighted by Gasteiger charge is 2.35. The lowest BCUT2D eigenvalue weighted by atomic mass is 9.90. The molecule has 0 amide bonds. The van der Waals surface area contributed by atoms with E-state index >= 15 is 0 Å². The number of carbonyl (C=O) groups is 1. The largest absolute Gasteiger partial charge is 0.480 e. The number of thioether (sulfide) groups is 1. The van der Waals surface area contributed by atoms with E-state index in [0.29, 0.717) is 12.8 Å². The molecule has 1 unspecified atom stereocenters. The van der Waals surface area contributed by atoms with Gasteiger partial charge in [-0.2, -0.15) is 0 Å². The molecule has 6 heteroatoms. The molecule has 0 radical (unpaired) electrons. The summed E-state index contributed by atoms with van der Waals surface area (Å²) in [6.07, 6.45) is 3.10. The van der Waals surface area contributed by atoms with Crippen LogP contribution in [0.5, 0.6) is 0 Å². The van der Waals surface area contributed by atoms with Crippen LogP contribution in [-0.4, -0.2) is 33.9 Å². The van der Waals surface area contributed by atoms with Crippen LogP contribution in [-0.2, 0) is 4.79 Å². The third-order valence-electron chi connectivity index (χ3n) is 3.30. The van der Waals surface area contributed by atoms with Gasteiger partial charge >= 0.3 is 5.97 Å². The van der Waals surface area contributed by atoms with Gasteiger partial charge in [0.1, 0.15) is 9.88 Å². The Bertz CT molecular complexity index is 423. The van der Waals surface area contributed by atoms with Crippen molar-refractivity contribution in [2.75, 3.05) is 12.3 Å². The fraction of sp³-hybridized carbons (Fsp3) is 0.714. The number of aryl methyl sites for hydroxylation is 1. The number of thiazole rings is 1. The number of aromatic nitrogens is 1. The highest BCUT2D eigenvalue weighted by atomic mass is 32.2. The number of rotatable bonds is 10. The van der Waals surface area contributed by atoms with Gasteiger partial charge in [0, 0.05) is 16.8 Å². The number of nitrogens with one attached hydrogen (secondary N) is 1. The summed E-state index contributed by atoms with van der Waals surface area (Å²) in [5.74, 6) is 0.180. The third-order valence-corrected chi connectivity index (χ3v) is 5.52. The lowest BCUT2D eigenvalue weighted by molar-refractivity contribution is -0.145. The molecule has 0 saturated carbocycles. The molecule has 0 fully saturated rings. The van der Waals surface area contributed by atoms with E-state index in [1.807, 2.05) is 19.2 Å². The summed E-state index contributed by atoms with van der Waals surface area (Å²) in [4.78, 5) is 15.9. The van der Waals surface area contributed by atoms with E-state index in [0.717, 1.165) is 35.2 Å². The molecular formula is C14H24N2O2S2. The first-order valence-corrected chi connectivity index (χ1v) is 8.94. The summed E-state index contributed by atoms with van der Waals surface area (Å²) in [6.45, 7) is 6.73. The van der Waals surface area contributed by atoms with Crippen LogP contribution in [0.25, 0.3) is 0 Å². The van der Waals surface area contributed by atoms with E-state index in [1.54, 1.807) is 23.1 Å². The maximum atomic E-state index is 11.5. The summed E-state index contributed by atoms with van der Waals surface area (Å²) in [6, 6.07) is 0. The Morgan fingerprint density at radius 2 is 2.30 bits per heavy atom. The Morgan fingerprint density at radius 3 is 2.80 bits per heavy atom. The van der Waals surface area contributed by atoms with Crippen molar-refractivity contribution in [3.63, 3.8) is 0 Å². The zero-order valence-corrected chi connectivity index (χ0v) is 14.1. The van der Waals surface area contributed by atoms with Crippen molar-refractivity contribution in [2.24, 2.45) is 0 Å². The van der Waals surface area contributed by atoms with E-state index in [2.05, 4.69) is 17.2 Å². The second-order valence-corrected chi connectivity index (χ2v) is 7.07. The van der Waals surface area contributed by atoms with E-state index in [1.165, 1.54) is 0 Å². The third kappa shape index (κ3) is 5.07. The average molecular weight is 316 g/mol. The monoisotopic (exact) mass is 316 g/mol.